The Balaban J connectivity index is 1.37. The molecule has 0 saturated carbocycles. The van der Waals surface area contributed by atoms with E-state index in [2.05, 4.69) is 15.3 Å². The highest BCUT2D eigenvalue weighted by Gasteiger charge is 2.31. The van der Waals surface area contributed by atoms with Crippen LogP contribution in [0.4, 0.5) is 27.9 Å². The zero-order valence-corrected chi connectivity index (χ0v) is 19.5. The van der Waals surface area contributed by atoms with Crippen LogP contribution >= 0.6 is 11.6 Å². The van der Waals surface area contributed by atoms with Crippen LogP contribution in [0.3, 0.4) is 0 Å². The summed E-state index contributed by atoms with van der Waals surface area (Å²) in [6, 6.07) is 22.0. The predicted octanol–water partition coefficient (Wildman–Crippen LogP) is 5.21. The van der Waals surface area contributed by atoms with E-state index in [0.717, 1.165) is 16.7 Å². The first-order valence-corrected chi connectivity index (χ1v) is 11.2. The van der Waals surface area contributed by atoms with Crippen molar-refractivity contribution >= 4 is 46.7 Å². The summed E-state index contributed by atoms with van der Waals surface area (Å²) in [7, 11) is 1.61. The van der Waals surface area contributed by atoms with Gasteiger partial charge in [-0.3, -0.25) is 14.6 Å². The SMILES string of the molecule is CN1C(=O)N(c2cc(NC(=O)c3ccc(-c4ccccc4)cc3)ccc2Cl)Cc2cnc(N)nc21. The van der Waals surface area contributed by atoms with Gasteiger partial charge in [0.05, 0.1) is 17.3 Å². The van der Waals surface area contributed by atoms with Crippen molar-refractivity contribution in [1.29, 1.82) is 0 Å². The Morgan fingerprint density at radius 3 is 2.49 bits per heavy atom. The van der Waals surface area contributed by atoms with Crippen LogP contribution in [0.5, 0.6) is 0 Å². The van der Waals surface area contributed by atoms with E-state index in [0.29, 0.717) is 27.8 Å². The Labute approximate surface area is 207 Å². The Morgan fingerprint density at radius 2 is 1.74 bits per heavy atom. The minimum atomic E-state index is -0.322. The van der Waals surface area contributed by atoms with Crippen molar-refractivity contribution < 1.29 is 9.59 Å². The maximum Gasteiger partial charge on any atom is 0.330 e. The van der Waals surface area contributed by atoms with Gasteiger partial charge in [-0.1, -0.05) is 54.1 Å². The van der Waals surface area contributed by atoms with Gasteiger partial charge in [-0.05, 0) is 41.5 Å². The molecule has 8 nitrogen and oxygen atoms in total. The molecular formula is C26H21ClN6O2. The van der Waals surface area contributed by atoms with Gasteiger partial charge < -0.3 is 11.1 Å². The van der Waals surface area contributed by atoms with Crippen LogP contribution in [0.1, 0.15) is 15.9 Å². The normalized spacial score (nSPS) is 12.9. The number of anilines is 4. The third kappa shape index (κ3) is 4.39. The highest BCUT2D eigenvalue weighted by atomic mass is 35.5. The molecule has 4 aromatic rings. The van der Waals surface area contributed by atoms with Gasteiger partial charge in [0.15, 0.2) is 0 Å². The van der Waals surface area contributed by atoms with Crippen molar-refractivity contribution in [3.63, 3.8) is 0 Å². The Kier molecular flexibility index (Phi) is 5.80. The summed E-state index contributed by atoms with van der Waals surface area (Å²) in [5.74, 6) is 0.281. The molecule has 3 aromatic carbocycles. The fourth-order valence-electron chi connectivity index (χ4n) is 3.96. The molecule has 3 N–H and O–H groups in total. The van der Waals surface area contributed by atoms with Crippen molar-refractivity contribution in [2.45, 2.75) is 6.54 Å². The van der Waals surface area contributed by atoms with E-state index >= 15 is 0 Å². The molecule has 0 fully saturated rings. The third-order valence-corrected chi connectivity index (χ3v) is 6.09. The lowest BCUT2D eigenvalue weighted by atomic mass is 10.0. The highest BCUT2D eigenvalue weighted by molar-refractivity contribution is 6.34. The molecule has 0 unspecified atom stereocenters. The number of halogens is 1. The molecule has 0 spiro atoms. The molecule has 1 aliphatic rings. The number of nitrogens with two attached hydrogens (primary N) is 1. The fraction of sp³-hybridized carbons (Fsp3) is 0.0769. The summed E-state index contributed by atoms with van der Waals surface area (Å²) >= 11 is 6.45. The first-order chi connectivity index (χ1) is 16.9. The van der Waals surface area contributed by atoms with Crippen molar-refractivity contribution in [1.82, 2.24) is 9.97 Å². The number of urea groups is 1. The minimum absolute atomic E-state index is 0.0939. The average molecular weight is 485 g/mol. The molecule has 0 saturated heterocycles. The molecule has 1 aromatic heterocycles. The molecular weight excluding hydrogens is 464 g/mol. The quantitative estimate of drug-likeness (QED) is 0.414. The lowest BCUT2D eigenvalue weighted by Gasteiger charge is -2.34. The number of nitrogens with one attached hydrogen (secondary N) is 1. The van der Waals surface area contributed by atoms with Crippen LogP contribution in [-0.2, 0) is 6.54 Å². The lowest BCUT2D eigenvalue weighted by Crippen LogP contribution is -2.46. The summed E-state index contributed by atoms with van der Waals surface area (Å²) in [5.41, 5.74) is 9.99. The number of nitrogens with zero attached hydrogens (tertiary/aromatic N) is 4. The molecule has 35 heavy (non-hydrogen) atoms. The first kappa shape index (κ1) is 22.4. The molecule has 0 bridgehead atoms. The van der Waals surface area contributed by atoms with Crippen LogP contribution in [0.15, 0.2) is 79.0 Å². The van der Waals surface area contributed by atoms with E-state index in [4.69, 9.17) is 17.3 Å². The molecule has 0 atom stereocenters. The van der Waals surface area contributed by atoms with E-state index in [1.165, 1.54) is 9.80 Å². The summed E-state index contributed by atoms with van der Waals surface area (Å²) in [6.45, 7) is 0.219. The molecule has 3 amide bonds. The summed E-state index contributed by atoms with van der Waals surface area (Å²) in [4.78, 5) is 37.0. The van der Waals surface area contributed by atoms with Gasteiger partial charge in [0, 0.05) is 30.1 Å². The zero-order chi connectivity index (χ0) is 24.5. The number of hydrogen-bond acceptors (Lipinski definition) is 5. The van der Waals surface area contributed by atoms with E-state index in [1.54, 1.807) is 43.6 Å². The number of aromatic nitrogens is 2. The highest BCUT2D eigenvalue weighted by Crippen LogP contribution is 2.35. The standard InChI is InChI=1S/C26H21ClN6O2/c1-32-23-19(14-29-25(28)31-23)15-33(26(32)35)22-13-20(11-12-21(22)27)30-24(34)18-9-7-17(8-10-18)16-5-3-2-4-6-16/h2-14H,15H2,1H3,(H,30,34)(H2,28,29,31). The third-order valence-electron chi connectivity index (χ3n) is 5.77. The summed E-state index contributed by atoms with van der Waals surface area (Å²) in [5, 5.41) is 3.26. The number of amides is 3. The average Bonchev–Trinajstić information content (AvgIpc) is 2.88. The maximum absolute atomic E-state index is 13.1. The van der Waals surface area contributed by atoms with Crippen LogP contribution in [0.2, 0.25) is 5.02 Å². The van der Waals surface area contributed by atoms with E-state index in [-0.39, 0.29) is 24.4 Å². The molecule has 2 heterocycles. The van der Waals surface area contributed by atoms with Crippen molar-refractivity contribution in [3.05, 3.63) is 95.1 Å². The summed E-state index contributed by atoms with van der Waals surface area (Å²) in [6.07, 6.45) is 1.59. The van der Waals surface area contributed by atoms with Gasteiger partial charge in [-0.2, -0.15) is 4.98 Å². The van der Waals surface area contributed by atoms with Crippen LogP contribution in [-0.4, -0.2) is 29.0 Å². The molecule has 9 heteroatoms. The smallest absolute Gasteiger partial charge is 0.330 e. The number of benzene rings is 3. The van der Waals surface area contributed by atoms with Crippen LogP contribution in [0.25, 0.3) is 11.1 Å². The van der Waals surface area contributed by atoms with E-state index < -0.39 is 0 Å². The number of fused-ring (bicyclic) bond motifs is 1. The Hall–Kier alpha value is -4.43. The second-order valence-electron chi connectivity index (χ2n) is 8.07. The topological polar surface area (TPSA) is 104 Å². The van der Waals surface area contributed by atoms with E-state index in [9.17, 15) is 9.59 Å². The number of carbonyl (C=O) groups excluding carboxylic acids is 2. The van der Waals surface area contributed by atoms with Crippen molar-refractivity contribution in [2.24, 2.45) is 0 Å². The van der Waals surface area contributed by atoms with Gasteiger partial charge in [-0.25, -0.2) is 9.78 Å². The van der Waals surface area contributed by atoms with Gasteiger partial charge in [-0.15, -0.1) is 0 Å². The molecule has 0 aliphatic carbocycles. The van der Waals surface area contributed by atoms with Gasteiger partial charge in [0.2, 0.25) is 5.95 Å². The molecule has 174 valence electrons. The number of hydrogen-bond donors (Lipinski definition) is 2. The molecule has 5 rings (SSSR count). The maximum atomic E-state index is 13.1. The van der Waals surface area contributed by atoms with Gasteiger partial charge in [0.25, 0.3) is 5.91 Å². The Morgan fingerprint density at radius 1 is 1.03 bits per heavy atom. The predicted molar refractivity (Wildman–Crippen MR) is 138 cm³/mol. The second-order valence-corrected chi connectivity index (χ2v) is 8.48. The lowest BCUT2D eigenvalue weighted by molar-refractivity contribution is 0.102. The van der Waals surface area contributed by atoms with Crippen molar-refractivity contribution in [2.75, 3.05) is 27.9 Å². The molecule has 0 radical (unpaired) electrons. The van der Waals surface area contributed by atoms with Crippen molar-refractivity contribution in [3.8, 4) is 11.1 Å². The van der Waals surface area contributed by atoms with Gasteiger partial charge in [0.1, 0.15) is 5.82 Å². The number of rotatable bonds is 4. The second kappa shape index (κ2) is 9.08. The van der Waals surface area contributed by atoms with Gasteiger partial charge >= 0.3 is 6.03 Å². The number of nitrogen functional groups attached to an aromatic ring is 1. The fourth-order valence-corrected chi connectivity index (χ4v) is 4.18. The largest absolute Gasteiger partial charge is 0.368 e. The Bertz CT molecular complexity index is 1430. The van der Waals surface area contributed by atoms with Crippen LogP contribution < -0.4 is 20.9 Å². The minimum Gasteiger partial charge on any atom is -0.368 e. The van der Waals surface area contributed by atoms with E-state index in [1.807, 2.05) is 42.5 Å². The summed E-state index contributed by atoms with van der Waals surface area (Å²) < 4.78 is 0. The molecule has 1 aliphatic heterocycles. The zero-order valence-electron chi connectivity index (χ0n) is 18.8. The van der Waals surface area contributed by atoms with Crippen LogP contribution in [0, 0.1) is 0 Å². The number of carbonyl (C=O) groups is 2. The first-order valence-electron chi connectivity index (χ1n) is 10.8. The monoisotopic (exact) mass is 484 g/mol.